The first kappa shape index (κ1) is 23.3. The molecule has 170 valence electrons. The molecule has 6 heteroatoms. The largest absolute Gasteiger partial charge is 0.508 e. The number of hydrogen-bond acceptors (Lipinski definition) is 5. The molecule has 4 nitrogen and oxygen atoms in total. The van der Waals surface area contributed by atoms with Gasteiger partial charge in [0.05, 0.1) is 0 Å². The van der Waals surface area contributed by atoms with Gasteiger partial charge in [-0.2, -0.15) is 0 Å². The molecule has 0 spiro atoms. The molecule has 0 saturated carbocycles. The van der Waals surface area contributed by atoms with Gasteiger partial charge in [0.15, 0.2) is 5.75 Å². The Labute approximate surface area is 202 Å². The van der Waals surface area contributed by atoms with Crippen LogP contribution in [0.2, 0.25) is 5.02 Å². The maximum Gasteiger partial charge on any atom is 0.207 e. The van der Waals surface area contributed by atoms with Crippen molar-refractivity contribution in [2.24, 2.45) is 0 Å². The molecular weight excluding hydrogens is 454 g/mol. The molecule has 0 bridgehead atoms. The van der Waals surface area contributed by atoms with Crippen LogP contribution in [0, 0.1) is 6.92 Å². The number of phenolic OH excluding ortho intramolecular Hbond substituents is 1. The first-order valence-electron chi connectivity index (χ1n) is 11.0. The minimum atomic E-state index is -0.147. The Morgan fingerprint density at radius 2 is 1.88 bits per heavy atom. The highest BCUT2D eigenvalue weighted by molar-refractivity contribution is 7.21. The van der Waals surface area contributed by atoms with Gasteiger partial charge in [-0.3, -0.25) is 4.79 Å². The van der Waals surface area contributed by atoms with Gasteiger partial charge in [0.1, 0.15) is 16.4 Å². The van der Waals surface area contributed by atoms with Crippen LogP contribution in [-0.4, -0.2) is 24.0 Å². The Balaban J connectivity index is 1.67. The Morgan fingerprint density at radius 1 is 1.09 bits per heavy atom. The summed E-state index contributed by atoms with van der Waals surface area (Å²) in [5.41, 5.74) is 2.63. The predicted octanol–water partition coefficient (Wildman–Crippen LogP) is 7.13. The van der Waals surface area contributed by atoms with Crippen LogP contribution in [0.25, 0.3) is 10.1 Å². The molecule has 4 aromatic rings. The van der Waals surface area contributed by atoms with Crippen molar-refractivity contribution in [2.75, 3.05) is 13.1 Å². The number of halogens is 1. The van der Waals surface area contributed by atoms with Gasteiger partial charge in [-0.15, -0.1) is 11.3 Å². The van der Waals surface area contributed by atoms with Crippen molar-refractivity contribution >= 4 is 38.8 Å². The van der Waals surface area contributed by atoms with Gasteiger partial charge in [0, 0.05) is 20.7 Å². The van der Waals surface area contributed by atoms with E-state index in [4.69, 9.17) is 16.3 Å². The van der Waals surface area contributed by atoms with Crippen molar-refractivity contribution in [2.45, 2.75) is 26.7 Å². The Kier molecular flexibility index (Phi) is 7.33. The number of phenols is 1. The average molecular weight is 480 g/mol. The molecule has 0 fully saturated rings. The fraction of sp³-hybridized carbons (Fsp3) is 0.222. The number of carbonyl (C=O) groups excluding carboxylic acids is 1. The molecule has 0 atom stereocenters. The monoisotopic (exact) mass is 479 g/mol. The van der Waals surface area contributed by atoms with Crippen LogP contribution in [0.15, 0.2) is 60.7 Å². The number of hydrogen-bond donors (Lipinski definition) is 2. The topological polar surface area (TPSA) is 58.6 Å². The lowest BCUT2D eigenvalue weighted by molar-refractivity contribution is 0.104. The lowest BCUT2D eigenvalue weighted by Gasteiger charge is -2.10. The summed E-state index contributed by atoms with van der Waals surface area (Å²) >= 11 is 7.48. The molecule has 0 unspecified atom stereocenters. The second-order valence-electron chi connectivity index (χ2n) is 7.93. The SMILES string of the molecule is CCNCCCc1ccc(Oc2c(C(=O)c3cc(Cl)ccc3C)sc3cc(O)ccc23)cc1. The Morgan fingerprint density at radius 3 is 2.64 bits per heavy atom. The van der Waals surface area contributed by atoms with Crippen molar-refractivity contribution in [3.63, 3.8) is 0 Å². The standard InChI is InChI=1S/C27H26ClNO3S/c1-3-29-14-4-5-18-7-11-21(12-8-18)32-26-22-13-10-20(30)16-24(22)33-27(26)25(31)23-15-19(28)9-6-17(23)2/h6-13,15-16,29-30H,3-5,14H2,1-2H3. The maximum atomic E-state index is 13.5. The highest BCUT2D eigenvalue weighted by Crippen LogP contribution is 2.43. The summed E-state index contributed by atoms with van der Waals surface area (Å²) in [7, 11) is 0. The van der Waals surface area contributed by atoms with Crippen molar-refractivity contribution < 1.29 is 14.6 Å². The van der Waals surface area contributed by atoms with Gasteiger partial charge >= 0.3 is 0 Å². The van der Waals surface area contributed by atoms with E-state index in [1.807, 2.05) is 25.1 Å². The molecule has 4 rings (SSSR count). The van der Waals surface area contributed by atoms with E-state index < -0.39 is 0 Å². The number of rotatable bonds is 9. The van der Waals surface area contributed by atoms with E-state index in [-0.39, 0.29) is 11.5 Å². The number of aromatic hydroxyl groups is 1. The van der Waals surface area contributed by atoms with E-state index in [0.29, 0.717) is 27.0 Å². The fourth-order valence-corrected chi connectivity index (χ4v) is 5.00. The van der Waals surface area contributed by atoms with E-state index in [1.54, 1.807) is 30.3 Å². The number of nitrogens with one attached hydrogen (secondary N) is 1. The number of ether oxygens (including phenoxy) is 1. The van der Waals surface area contributed by atoms with Crippen LogP contribution in [0.3, 0.4) is 0 Å². The fourth-order valence-electron chi connectivity index (χ4n) is 3.71. The van der Waals surface area contributed by atoms with E-state index in [2.05, 4.69) is 24.4 Å². The molecule has 0 amide bonds. The molecule has 0 aliphatic rings. The smallest absolute Gasteiger partial charge is 0.207 e. The van der Waals surface area contributed by atoms with Crippen molar-refractivity contribution in [3.05, 3.63) is 87.3 Å². The Hall–Kier alpha value is -2.86. The summed E-state index contributed by atoms with van der Waals surface area (Å²) in [5, 5.41) is 14.6. The summed E-state index contributed by atoms with van der Waals surface area (Å²) in [5.74, 6) is 1.16. The molecule has 3 aromatic carbocycles. The highest BCUT2D eigenvalue weighted by Gasteiger charge is 2.23. The average Bonchev–Trinajstić information content (AvgIpc) is 3.16. The first-order valence-corrected chi connectivity index (χ1v) is 12.2. The third kappa shape index (κ3) is 5.38. The third-order valence-corrected chi connectivity index (χ3v) is 6.86. The molecule has 0 aliphatic carbocycles. The molecule has 0 radical (unpaired) electrons. The molecule has 2 N–H and O–H groups in total. The van der Waals surface area contributed by atoms with Crippen molar-refractivity contribution in [1.82, 2.24) is 5.32 Å². The van der Waals surface area contributed by atoms with Crippen LogP contribution >= 0.6 is 22.9 Å². The van der Waals surface area contributed by atoms with Gasteiger partial charge in [-0.25, -0.2) is 0 Å². The van der Waals surface area contributed by atoms with E-state index in [1.165, 1.54) is 16.9 Å². The minimum Gasteiger partial charge on any atom is -0.508 e. The van der Waals surface area contributed by atoms with E-state index in [0.717, 1.165) is 41.6 Å². The number of benzene rings is 3. The van der Waals surface area contributed by atoms with Crippen LogP contribution in [-0.2, 0) is 6.42 Å². The summed E-state index contributed by atoms with van der Waals surface area (Å²) in [4.78, 5) is 14.0. The number of carbonyl (C=O) groups is 1. The van der Waals surface area contributed by atoms with Crippen LogP contribution in [0.5, 0.6) is 17.2 Å². The molecule has 1 aromatic heterocycles. The van der Waals surface area contributed by atoms with Crippen molar-refractivity contribution in [1.29, 1.82) is 0 Å². The Bertz CT molecular complexity index is 1280. The van der Waals surface area contributed by atoms with Gasteiger partial charge in [0.2, 0.25) is 5.78 Å². The quantitative estimate of drug-likeness (QED) is 0.198. The molecular formula is C27H26ClNO3S. The van der Waals surface area contributed by atoms with Crippen molar-refractivity contribution in [3.8, 4) is 17.2 Å². The van der Waals surface area contributed by atoms with Gasteiger partial charge in [0.25, 0.3) is 0 Å². The zero-order chi connectivity index (χ0) is 23.4. The molecule has 33 heavy (non-hydrogen) atoms. The number of thiophene rings is 1. The van der Waals surface area contributed by atoms with E-state index >= 15 is 0 Å². The van der Waals surface area contributed by atoms with Crippen LogP contribution < -0.4 is 10.1 Å². The number of ketones is 1. The normalized spacial score (nSPS) is 11.1. The van der Waals surface area contributed by atoms with Gasteiger partial charge < -0.3 is 15.2 Å². The maximum absolute atomic E-state index is 13.5. The number of fused-ring (bicyclic) bond motifs is 1. The second-order valence-corrected chi connectivity index (χ2v) is 9.42. The summed E-state index contributed by atoms with van der Waals surface area (Å²) in [6, 6.07) is 18.3. The summed E-state index contributed by atoms with van der Waals surface area (Å²) < 4.78 is 7.06. The van der Waals surface area contributed by atoms with Crippen LogP contribution in [0.4, 0.5) is 0 Å². The minimum absolute atomic E-state index is 0.147. The highest BCUT2D eigenvalue weighted by atomic mass is 35.5. The molecule has 0 saturated heterocycles. The lowest BCUT2D eigenvalue weighted by atomic mass is 10.0. The summed E-state index contributed by atoms with van der Waals surface area (Å²) in [6.45, 7) is 5.97. The second kappa shape index (κ2) is 10.4. The van der Waals surface area contributed by atoms with E-state index in [9.17, 15) is 9.90 Å². The summed E-state index contributed by atoms with van der Waals surface area (Å²) in [6.07, 6.45) is 2.07. The zero-order valence-corrected chi connectivity index (χ0v) is 20.2. The lowest BCUT2D eigenvalue weighted by Crippen LogP contribution is -2.14. The van der Waals surface area contributed by atoms with Crippen LogP contribution in [0.1, 0.15) is 39.7 Å². The van der Waals surface area contributed by atoms with Gasteiger partial charge in [-0.05, 0) is 86.4 Å². The first-order chi connectivity index (χ1) is 16.0. The molecule has 1 heterocycles. The van der Waals surface area contributed by atoms with Gasteiger partial charge in [-0.1, -0.05) is 36.7 Å². The predicted molar refractivity (Wildman–Crippen MR) is 136 cm³/mol. The number of aryl methyl sites for hydroxylation is 2. The zero-order valence-electron chi connectivity index (χ0n) is 18.7. The third-order valence-electron chi connectivity index (χ3n) is 5.49. The molecule has 0 aliphatic heterocycles.